The minimum absolute atomic E-state index is 0.105. The van der Waals surface area contributed by atoms with E-state index < -0.39 is 10.0 Å². The molecule has 0 unspecified atom stereocenters. The minimum atomic E-state index is -3.64. The van der Waals surface area contributed by atoms with Crippen LogP contribution in [-0.4, -0.2) is 37.0 Å². The van der Waals surface area contributed by atoms with Crippen molar-refractivity contribution < 1.29 is 17.9 Å². The van der Waals surface area contributed by atoms with E-state index in [0.29, 0.717) is 17.0 Å². The molecule has 0 atom stereocenters. The van der Waals surface area contributed by atoms with Gasteiger partial charge in [-0.3, -0.25) is 4.79 Å². The lowest BCUT2D eigenvalue weighted by Crippen LogP contribution is -2.26. The fourth-order valence-electron chi connectivity index (χ4n) is 1.89. The number of nitrogens with zero attached hydrogens (tertiary/aromatic N) is 2. The predicted molar refractivity (Wildman–Crippen MR) is 83.8 cm³/mol. The molecular weight excluding hydrogens is 324 g/mol. The summed E-state index contributed by atoms with van der Waals surface area (Å²) in [6.07, 6.45) is 0. The first-order valence-corrected chi connectivity index (χ1v) is 8.68. The van der Waals surface area contributed by atoms with E-state index in [0.717, 1.165) is 0 Å². The summed E-state index contributed by atoms with van der Waals surface area (Å²) in [6, 6.07) is 5.89. The van der Waals surface area contributed by atoms with E-state index in [4.69, 9.17) is 4.74 Å². The Morgan fingerprint density at radius 2 is 1.95 bits per heavy atom. The third-order valence-corrected chi connectivity index (χ3v) is 5.64. The number of Topliss-reactive ketones (excluding diaryl/α,β-unsaturated/α-hetero) is 1. The molecule has 8 heteroatoms. The average molecular weight is 340 g/mol. The molecule has 1 heterocycles. The molecule has 0 saturated heterocycles. The molecule has 0 bridgehead atoms. The second kappa shape index (κ2) is 6.55. The normalized spacial score (nSPS) is 11.6. The Labute approximate surface area is 133 Å². The maximum Gasteiger partial charge on any atom is 0.243 e. The zero-order valence-corrected chi connectivity index (χ0v) is 14.1. The molecule has 0 spiro atoms. The van der Waals surface area contributed by atoms with Gasteiger partial charge in [-0.2, -0.15) is 8.68 Å². The molecule has 0 fully saturated rings. The SMILES string of the molecule is COc1nscc1CN(C)S(=O)(=O)c1ccc(C(C)=O)cc1. The monoisotopic (exact) mass is 340 g/mol. The molecule has 2 rings (SSSR count). The molecule has 0 amide bonds. The summed E-state index contributed by atoms with van der Waals surface area (Å²) in [7, 11) is -0.654. The Hall–Kier alpha value is -1.77. The van der Waals surface area contributed by atoms with E-state index >= 15 is 0 Å². The second-order valence-corrected chi connectivity index (χ2v) is 7.36. The second-order valence-electron chi connectivity index (χ2n) is 4.69. The van der Waals surface area contributed by atoms with Crippen molar-refractivity contribution in [3.63, 3.8) is 0 Å². The van der Waals surface area contributed by atoms with Crippen LogP contribution in [0, 0.1) is 0 Å². The molecule has 0 saturated carbocycles. The Bertz CT molecular complexity index is 766. The van der Waals surface area contributed by atoms with E-state index in [9.17, 15) is 13.2 Å². The Balaban J connectivity index is 2.23. The smallest absolute Gasteiger partial charge is 0.243 e. The number of rotatable bonds is 6. The third-order valence-electron chi connectivity index (χ3n) is 3.16. The van der Waals surface area contributed by atoms with Crippen LogP contribution >= 0.6 is 11.5 Å². The highest BCUT2D eigenvalue weighted by Crippen LogP contribution is 2.23. The lowest BCUT2D eigenvalue weighted by molar-refractivity contribution is 0.101. The van der Waals surface area contributed by atoms with Gasteiger partial charge in [-0.1, -0.05) is 12.1 Å². The van der Waals surface area contributed by atoms with Crippen LogP contribution < -0.4 is 4.74 Å². The summed E-state index contributed by atoms with van der Waals surface area (Å²) in [5.41, 5.74) is 1.18. The fraction of sp³-hybridized carbons (Fsp3) is 0.286. The third kappa shape index (κ3) is 3.34. The summed E-state index contributed by atoms with van der Waals surface area (Å²) in [5.74, 6) is 0.324. The van der Waals surface area contributed by atoms with Crippen molar-refractivity contribution in [2.24, 2.45) is 0 Å². The van der Waals surface area contributed by atoms with Gasteiger partial charge in [0.15, 0.2) is 5.78 Å². The zero-order chi connectivity index (χ0) is 16.3. The molecule has 1 aromatic heterocycles. The Morgan fingerprint density at radius 3 is 2.50 bits per heavy atom. The molecule has 6 nitrogen and oxygen atoms in total. The minimum Gasteiger partial charge on any atom is -0.480 e. The molecule has 2 aromatic rings. The highest BCUT2D eigenvalue weighted by Gasteiger charge is 2.22. The fourth-order valence-corrected chi connectivity index (χ4v) is 3.68. The number of ketones is 1. The standard InChI is InChI=1S/C14H16N2O4S2/c1-10(17)11-4-6-13(7-5-11)22(18,19)16(2)8-12-9-21-15-14(12)20-3/h4-7,9H,8H2,1-3H3. The van der Waals surface area contributed by atoms with Crippen molar-refractivity contribution >= 4 is 27.3 Å². The molecule has 0 N–H and O–H groups in total. The van der Waals surface area contributed by atoms with Gasteiger partial charge in [0.2, 0.25) is 15.9 Å². The van der Waals surface area contributed by atoms with Crippen LogP contribution in [0.4, 0.5) is 0 Å². The Kier molecular flexibility index (Phi) is 4.94. The summed E-state index contributed by atoms with van der Waals surface area (Å²) >= 11 is 1.21. The number of carbonyl (C=O) groups excluding carboxylic acids is 1. The van der Waals surface area contributed by atoms with Gasteiger partial charge < -0.3 is 4.74 Å². The van der Waals surface area contributed by atoms with Gasteiger partial charge in [0.05, 0.1) is 12.0 Å². The van der Waals surface area contributed by atoms with Crippen molar-refractivity contribution in [3.8, 4) is 5.88 Å². The molecule has 1 aromatic carbocycles. The lowest BCUT2D eigenvalue weighted by atomic mass is 10.2. The number of ether oxygens (including phenoxy) is 1. The van der Waals surface area contributed by atoms with Gasteiger partial charge in [-0.25, -0.2) is 8.42 Å². The zero-order valence-electron chi connectivity index (χ0n) is 12.4. The number of methoxy groups -OCH3 is 1. The van der Waals surface area contributed by atoms with Crippen LogP contribution in [0.15, 0.2) is 34.5 Å². The van der Waals surface area contributed by atoms with Crippen LogP contribution in [0.1, 0.15) is 22.8 Å². The van der Waals surface area contributed by atoms with E-state index in [1.165, 1.54) is 61.2 Å². The van der Waals surface area contributed by atoms with E-state index in [-0.39, 0.29) is 17.2 Å². The van der Waals surface area contributed by atoms with Crippen molar-refractivity contribution in [2.75, 3.05) is 14.2 Å². The number of sulfonamides is 1. The topological polar surface area (TPSA) is 76.6 Å². The number of aromatic nitrogens is 1. The first-order valence-electron chi connectivity index (χ1n) is 6.41. The van der Waals surface area contributed by atoms with Crippen molar-refractivity contribution in [1.29, 1.82) is 0 Å². The number of benzene rings is 1. The van der Waals surface area contributed by atoms with Crippen LogP contribution in [0.5, 0.6) is 5.88 Å². The van der Waals surface area contributed by atoms with Gasteiger partial charge in [0.25, 0.3) is 0 Å². The summed E-state index contributed by atoms with van der Waals surface area (Å²) < 4.78 is 35.4. The van der Waals surface area contributed by atoms with E-state index in [2.05, 4.69) is 4.37 Å². The molecular formula is C14H16N2O4S2. The quantitative estimate of drug-likeness (QED) is 0.753. The molecule has 118 valence electrons. The lowest BCUT2D eigenvalue weighted by Gasteiger charge is -2.17. The van der Waals surface area contributed by atoms with Gasteiger partial charge >= 0.3 is 0 Å². The van der Waals surface area contributed by atoms with Gasteiger partial charge in [0, 0.05) is 30.1 Å². The predicted octanol–water partition coefficient (Wildman–Crippen LogP) is 2.17. The van der Waals surface area contributed by atoms with Crippen molar-refractivity contribution in [1.82, 2.24) is 8.68 Å². The first-order chi connectivity index (χ1) is 10.4. The van der Waals surface area contributed by atoms with Crippen LogP contribution in [-0.2, 0) is 16.6 Å². The van der Waals surface area contributed by atoms with E-state index in [1.54, 1.807) is 5.38 Å². The summed E-state index contributed by atoms with van der Waals surface area (Å²) in [6.45, 7) is 1.60. The van der Waals surface area contributed by atoms with E-state index in [1.807, 2.05) is 0 Å². The maximum atomic E-state index is 12.5. The molecule has 22 heavy (non-hydrogen) atoms. The highest BCUT2D eigenvalue weighted by molar-refractivity contribution is 7.89. The van der Waals surface area contributed by atoms with Crippen molar-refractivity contribution in [2.45, 2.75) is 18.4 Å². The summed E-state index contributed by atoms with van der Waals surface area (Å²) in [4.78, 5) is 11.4. The van der Waals surface area contributed by atoms with Crippen LogP contribution in [0.25, 0.3) is 0 Å². The maximum absolute atomic E-state index is 12.5. The first kappa shape index (κ1) is 16.6. The Morgan fingerprint density at radius 1 is 1.32 bits per heavy atom. The van der Waals surface area contributed by atoms with Gasteiger partial charge in [-0.15, -0.1) is 0 Å². The average Bonchev–Trinajstić information content (AvgIpc) is 2.94. The molecule has 0 aliphatic carbocycles. The number of hydrogen-bond donors (Lipinski definition) is 0. The van der Waals surface area contributed by atoms with Crippen LogP contribution in [0.2, 0.25) is 0 Å². The van der Waals surface area contributed by atoms with Crippen molar-refractivity contribution in [3.05, 3.63) is 40.8 Å². The largest absolute Gasteiger partial charge is 0.480 e. The number of hydrogen-bond acceptors (Lipinski definition) is 6. The summed E-state index contributed by atoms with van der Waals surface area (Å²) in [5, 5.41) is 1.75. The van der Waals surface area contributed by atoms with Crippen LogP contribution in [0.3, 0.4) is 0 Å². The molecule has 0 aliphatic rings. The highest BCUT2D eigenvalue weighted by atomic mass is 32.2. The molecule has 0 aliphatic heterocycles. The molecule has 0 radical (unpaired) electrons. The van der Waals surface area contributed by atoms with Gasteiger partial charge in [-0.05, 0) is 30.6 Å². The number of carbonyl (C=O) groups is 1. The van der Waals surface area contributed by atoms with Gasteiger partial charge in [0.1, 0.15) is 0 Å².